The van der Waals surface area contributed by atoms with E-state index in [-0.39, 0.29) is 0 Å². The van der Waals surface area contributed by atoms with Crippen molar-refractivity contribution in [2.45, 2.75) is 39.4 Å². The second kappa shape index (κ2) is 7.14. The van der Waals surface area contributed by atoms with E-state index in [0.29, 0.717) is 6.04 Å². The van der Waals surface area contributed by atoms with Gasteiger partial charge in [0.15, 0.2) is 0 Å². The molecular weight excluding hydrogens is 312 g/mol. The quantitative estimate of drug-likeness (QED) is 0.902. The number of nitrogens with zero attached hydrogens (tertiary/aromatic N) is 5. The number of fused-ring (bicyclic) bond motifs is 1. The summed E-state index contributed by atoms with van der Waals surface area (Å²) in [4.78, 5) is 14.1. The van der Waals surface area contributed by atoms with Crippen LogP contribution in [0.5, 0.6) is 0 Å². The van der Waals surface area contributed by atoms with Crippen molar-refractivity contribution in [3.63, 3.8) is 0 Å². The maximum absolute atomic E-state index is 4.60. The van der Waals surface area contributed by atoms with Crippen molar-refractivity contribution in [2.24, 2.45) is 0 Å². The fourth-order valence-electron chi connectivity index (χ4n) is 3.91. The molecule has 1 unspecified atom stereocenters. The summed E-state index contributed by atoms with van der Waals surface area (Å²) < 4.78 is 2.32. The first-order valence-corrected chi connectivity index (χ1v) is 9.42. The van der Waals surface area contributed by atoms with Crippen LogP contribution in [0.25, 0.3) is 0 Å². The largest absolute Gasteiger partial charge is 0.354 e. The van der Waals surface area contributed by atoms with Crippen LogP contribution >= 0.6 is 0 Å². The number of likely N-dealkylation sites (N-methyl/N-ethyl adjacent to an activating group) is 1. The van der Waals surface area contributed by atoms with Crippen LogP contribution in [0.4, 0.5) is 5.82 Å². The number of aromatic nitrogens is 3. The third-order valence-corrected chi connectivity index (χ3v) is 5.55. The Kier molecular flexibility index (Phi) is 4.72. The predicted molar refractivity (Wildman–Crippen MR) is 99.7 cm³/mol. The van der Waals surface area contributed by atoms with E-state index < -0.39 is 0 Å². The Morgan fingerprint density at radius 1 is 1.16 bits per heavy atom. The van der Waals surface area contributed by atoms with Gasteiger partial charge in [-0.25, -0.2) is 9.97 Å². The highest BCUT2D eigenvalue weighted by atomic mass is 15.3. The van der Waals surface area contributed by atoms with E-state index in [0.717, 1.165) is 58.1 Å². The third-order valence-electron chi connectivity index (χ3n) is 5.55. The molecule has 1 fully saturated rings. The van der Waals surface area contributed by atoms with Crippen LogP contribution < -0.4 is 10.2 Å². The molecule has 0 radical (unpaired) electrons. The van der Waals surface area contributed by atoms with Crippen molar-refractivity contribution in [1.82, 2.24) is 24.8 Å². The van der Waals surface area contributed by atoms with Crippen molar-refractivity contribution >= 4 is 5.82 Å². The molecule has 2 aromatic heterocycles. The van der Waals surface area contributed by atoms with E-state index in [1.165, 1.54) is 17.1 Å². The Bertz CT molecular complexity index is 716. The maximum Gasteiger partial charge on any atom is 0.128 e. The highest BCUT2D eigenvalue weighted by Crippen LogP contribution is 2.26. The van der Waals surface area contributed by atoms with Gasteiger partial charge in [-0.15, -0.1) is 0 Å². The van der Waals surface area contributed by atoms with E-state index in [1.54, 1.807) is 0 Å². The van der Waals surface area contributed by atoms with Crippen molar-refractivity contribution < 1.29 is 0 Å². The molecule has 2 aliphatic heterocycles. The number of imidazole rings is 1. The molecule has 6 nitrogen and oxygen atoms in total. The highest BCUT2D eigenvalue weighted by Gasteiger charge is 2.24. The zero-order valence-corrected chi connectivity index (χ0v) is 15.3. The minimum absolute atomic E-state index is 0.360. The summed E-state index contributed by atoms with van der Waals surface area (Å²) in [5.41, 5.74) is 2.56. The molecule has 0 aliphatic carbocycles. The summed E-state index contributed by atoms with van der Waals surface area (Å²) >= 11 is 0. The van der Waals surface area contributed by atoms with Gasteiger partial charge < -0.3 is 19.7 Å². The Balaban J connectivity index is 1.37. The zero-order chi connectivity index (χ0) is 17.2. The Morgan fingerprint density at radius 2 is 2.00 bits per heavy atom. The highest BCUT2D eigenvalue weighted by molar-refractivity contribution is 5.41. The maximum atomic E-state index is 4.60. The molecule has 6 heteroatoms. The van der Waals surface area contributed by atoms with Gasteiger partial charge in [-0.3, -0.25) is 0 Å². The van der Waals surface area contributed by atoms with Crippen LogP contribution in [0.15, 0.2) is 24.5 Å². The molecule has 0 spiro atoms. The molecule has 0 aromatic carbocycles. The lowest BCUT2D eigenvalue weighted by molar-refractivity contribution is 0.270. The molecule has 1 N–H and O–H groups in total. The second-order valence-corrected chi connectivity index (χ2v) is 7.08. The zero-order valence-electron chi connectivity index (χ0n) is 15.3. The van der Waals surface area contributed by atoms with Gasteiger partial charge in [0, 0.05) is 57.4 Å². The standard InChI is InChI=1S/C19H28N6/c1-3-23-8-10-24(11-9-23)18-12-16(4-6-20-18)14-21-17-5-7-25-15(2)13-22-19(17)25/h4,6,12-13,17,21H,3,5,7-11,14H2,1-2H3. The Hall–Kier alpha value is -1.92. The van der Waals surface area contributed by atoms with E-state index in [1.807, 2.05) is 12.4 Å². The lowest BCUT2D eigenvalue weighted by Gasteiger charge is -2.34. The van der Waals surface area contributed by atoms with Gasteiger partial charge in [-0.2, -0.15) is 0 Å². The lowest BCUT2D eigenvalue weighted by atomic mass is 10.2. The summed E-state index contributed by atoms with van der Waals surface area (Å²) in [6.45, 7) is 11.8. The van der Waals surface area contributed by atoms with Crippen LogP contribution in [0, 0.1) is 6.92 Å². The summed E-state index contributed by atoms with van der Waals surface area (Å²) in [7, 11) is 0. The number of rotatable bonds is 5. The van der Waals surface area contributed by atoms with Crippen LogP contribution in [0.2, 0.25) is 0 Å². The minimum atomic E-state index is 0.360. The van der Waals surface area contributed by atoms with E-state index in [2.05, 4.69) is 55.6 Å². The Labute approximate surface area is 149 Å². The van der Waals surface area contributed by atoms with Crippen molar-refractivity contribution in [3.8, 4) is 0 Å². The molecule has 0 bridgehead atoms. The number of anilines is 1. The van der Waals surface area contributed by atoms with Gasteiger partial charge in [0.1, 0.15) is 11.6 Å². The third kappa shape index (κ3) is 3.41. The number of piperazine rings is 1. The number of hydrogen-bond donors (Lipinski definition) is 1. The first kappa shape index (κ1) is 16.5. The van der Waals surface area contributed by atoms with Gasteiger partial charge >= 0.3 is 0 Å². The summed E-state index contributed by atoms with van der Waals surface area (Å²) in [6.07, 6.45) is 5.04. The van der Waals surface area contributed by atoms with E-state index in [9.17, 15) is 0 Å². The monoisotopic (exact) mass is 340 g/mol. The smallest absolute Gasteiger partial charge is 0.128 e. The van der Waals surface area contributed by atoms with Crippen LogP contribution in [0.3, 0.4) is 0 Å². The van der Waals surface area contributed by atoms with E-state index in [4.69, 9.17) is 0 Å². The van der Waals surface area contributed by atoms with Crippen LogP contribution in [-0.4, -0.2) is 52.2 Å². The van der Waals surface area contributed by atoms with Gasteiger partial charge in [0.25, 0.3) is 0 Å². The fraction of sp³-hybridized carbons (Fsp3) is 0.579. The summed E-state index contributed by atoms with van der Waals surface area (Å²) in [6, 6.07) is 4.71. The average Bonchev–Trinajstić information content (AvgIpc) is 3.23. The number of aryl methyl sites for hydroxylation is 1. The number of pyridine rings is 1. The molecule has 4 heterocycles. The van der Waals surface area contributed by atoms with Crippen LogP contribution in [0.1, 0.15) is 36.5 Å². The van der Waals surface area contributed by atoms with Gasteiger partial charge in [0.2, 0.25) is 0 Å². The molecule has 25 heavy (non-hydrogen) atoms. The first-order chi connectivity index (χ1) is 12.2. The normalized spacial score (nSPS) is 20.9. The predicted octanol–water partition coefficient (Wildman–Crippen LogP) is 1.96. The van der Waals surface area contributed by atoms with Gasteiger partial charge in [-0.1, -0.05) is 6.92 Å². The molecule has 4 rings (SSSR count). The minimum Gasteiger partial charge on any atom is -0.354 e. The molecule has 1 atom stereocenters. The first-order valence-electron chi connectivity index (χ1n) is 9.42. The van der Waals surface area contributed by atoms with Crippen LogP contribution in [-0.2, 0) is 13.1 Å². The molecule has 134 valence electrons. The molecule has 2 aliphatic rings. The molecular formula is C19H28N6. The molecule has 1 saturated heterocycles. The van der Waals surface area contributed by atoms with Crippen molar-refractivity contribution in [2.75, 3.05) is 37.6 Å². The SMILES string of the molecule is CCN1CCN(c2cc(CNC3CCn4c(C)cnc43)ccn2)CC1. The van der Waals surface area contributed by atoms with Crippen molar-refractivity contribution in [3.05, 3.63) is 41.6 Å². The van der Waals surface area contributed by atoms with Crippen molar-refractivity contribution in [1.29, 1.82) is 0 Å². The summed E-state index contributed by atoms with van der Waals surface area (Å²) in [5.74, 6) is 2.29. The lowest BCUT2D eigenvalue weighted by Crippen LogP contribution is -2.46. The van der Waals surface area contributed by atoms with E-state index >= 15 is 0 Å². The number of nitrogens with one attached hydrogen (secondary N) is 1. The second-order valence-electron chi connectivity index (χ2n) is 7.08. The topological polar surface area (TPSA) is 49.2 Å². The van der Waals surface area contributed by atoms with Gasteiger partial charge in [-0.05, 0) is 37.6 Å². The fourth-order valence-corrected chi connectivity index (χ4v) is 3.91. The summed E-state index contributed by atoms with van der Waals surface area (Å²) in [5, 5.41) is 3.68. The number of hydrogen-bond acceptors (Lipinski definition) is 5. The molecule has 2 aromatic rings. The Morgan fingerprint density at radius 3 is 2.80 bits per heavy atom. The molecule has 0 amide bonds. The molecule has 0 saturated carbocycles. The average molecular weight is 340 g/mol. The van der Waals surface area contributed by atoms with Gasteiger partial charge in [0.05, 0.1) is 6.04 Å².